The summed E-state index contributed by atoms with van der Waals surface area (Å²) in [6.45, 7) is 0.206. The quantitative estimate of drug-likeness (QED) is 0.793. The highest BCUT2D eigenvalue weighted by Crippen LogP contribution is 2.34. The fraction of sp³-hybridized carbons (Fsp3) is 0.625. The second-order valence-corrected chi connectivity index (χ2v) is 3.85. The molecule has 0 spiro atoms. The Kier molecular flexibility index (Phi) is 4.22. The van der Waals surface area contributed by atoms with Gasteiger partial charge in [0.1, 0.15) is 0 Å². The number of nitrogens with zero attached hydrogens (tertiary/aromatic N) is 1. The van der Waals surface area contributed by atoms with E-state index in [-0.39, 0.29) is 18.8 Å². The maximum absolute atomic E-state index is 11.8. The zero-order chi connectivity index (χ0) is 12.2. The average molecular weight is 255 g/mol. The molecule has 0 unspecified atom stereocenters. The molecule has 1 heterocycles. The minimum absolute atomic E-state index is 0.00442. The van der Waals surface area contributed by atoms with Crippen LogP contribution in [-0.2, 0) is 0 Å². The van der Waals surface area contributed by atoms with Crippen LogP contribution in [0.1, 0.15) is 12.8 Å². The average Bonchev–Trinajstić information content (AvgIpc) is 2.52. The second kappa shape index (κ2) is 5.24. The summed E-state index contributed by atoms with van der Waals surface area (Å²) in [5.74, 6) is 0.628. The Hall–Kier alpha value is -1.18. The van der Waals surface area contributed by atoms with Crippen molar-refractivity contribution < 1.29 is 17.9 Å². The number of aromatic nitrogens is 1. The topological polar surface area (TPSA) is 60.2 Å². The summed E-state index contributed by atoms with van der Waals surface area (Å²) in [4.78, 5) is 0. The van der Waals surface area contributed by atoms with Gasteiger partial charge in [0.05, 0.1) is 7.11 Å². The molecule has 1 aromatic rings. The van der Waals surface area contributed by atoms with E-state index in [0.29, 0.717) is 10.8 Å². The van der Waals surface area contributed by atoms with Crippen molar-refractivity contribution in [1.82, 2.24) is 4.37 Å². The molecule has 0 aliphatic heterocycles. The standard InChI is InChI=1S/C8H12F3N3OS/c1-15-5-6(12)14-16-7(5)13-4-2-3-8(9,10)11/h13H,2-4H2,1H3,(H2,12,14). The number of hydrogen-bond donors (Lipinski definition) is 2. The Bertz CT molecular complexity index is 340. The first-order chi connectivity index (χ1) is 7.44. The third-order valence-electron chi connectivity index (χ3n) is 1.80. The largest absolute Gasteiger partial charge is 0.490 e. The fourth-order valence-electron chi connectivity index (χ4n) is 1.09. The first kappa shape index (κ1) is 12.9. The number of alkyl halides is 3. The third kappa shape index (κ3) is 3.76. The molecule has 0 saturated carbocycles. The Morgan fingerprint density at radius 3 is 2.75 bits per heavy atom. The lowest BCUT2D eigenvalue weighted by Crippen LogP contribution is -2.10. The summed E-state index contributed by atoms with van der Waals surface area (Å²) < 4.78 is 44.3. The Balaban J connectivity index is 2.37. The molecule has 0 aromatic carbocycles. The molecular formula is C8H12F3N3OS. The van der Waals surface area contributed by atoms with Crippen molar-refractivity contribution in [3.05, 3.63) is 0 Å². The van der Waals surface area contributed by atoms with Crippen LogP contribution in [0.2, 0.25) is 0 Å². The lowest BCUT2D eigenvalue weighted by molar-refractivity contribution is -0.134. The number of nitrogens with one attached hydrogen (secondary N) is 1. The van der Waals surface area contributed by atoms with Gasteiger partial charge in [0, 0.05) is 13.0 Å². The van der Waals surface area contributed by atoms with Gasteiger partial charge in [0.2, 0.25) is 0 Å². The lowest BCUT2D eigenvalue weighted by atomic mass is 10.3. The van der Waals surface area contributed by atoms with Crippen LogP contribution in [0.5, 0.6) is 5.75 Å². The minimum atomic E-state index is -4.11. The van der Waals surface area contributed by atoms with Crippen molar-refractivity contribution >= 4 is 22.4 Å². The van der Waals surface area contributed by atoms with Crippen molar-refractivity contribution in [3.8, 4) is 5.75 Å². The molecule has 1 rings (SSSR count). The Morgan fingerprint density at radius 2 is 2.19 bits per heavy atom. The molecule has 0 atom stereocenters. The molecule has 0 bridgehead atoms. The highest BCUT2D eigenvalue weighted by molar-refractivity contribution is 7.11. The van der Waals surface area contributed by atoms with Crippen LogP contribution in [0, 0.1) is 0 Å². The third-order valence-corrected chi connectivity index (χ3v) is 2.60. The number of hydrogen-bond acceptors (Lipinski definition) is 5. The van der Waals surface area contributed by atoms with Gasteiger partial charge in [0.15, 0.2) is 16.6 Å². The number of anilines is 2. The highest BCUT2D eigenvalue weighted by Gasteiger charge is 2.26. The predicted octanol–water partition coefficient (Wildman–Crippen LogP) is 2.49. The number of ether oxygens (including phenoxy) is 1. The van der Waals surface area contributed by atoms with Gasteiger partial charge < -0.3 is 15.8 Å². The number of halogens is 3. The maximum atomic E-state index is 11.8. The second-order valence-electron chi connectivity index (χ2n) is 3.08. The van der Waals surface area contributed by atoms with Gasteiger partial charge in [-0.15, -0.1) is 0 Å². The molecule has 92 valence electrons. The van der Waals surface area contributed by atoms with Crippen molar-refractivity contribution in [1.29, 1.82) is 0 Å². The van der Waals surface area contributed by atoms with E-state index < -0.39 is 12.6 Å². The van der Waals surface area contributed by atoms with Crippen molar-refractivity contribution in [2.24, 2.45) is 0 Å². The molecule has 0 fully saturated rings. The van der Waals surface area contributed by atoms with Crippen LogP contribution in [0.4, 0.5) is 24.0 Å². The first-order valence-electron chi connectivity index (χ1n) is 4.54. The molecule has 0 radical (unpaired) electrons. The predicted molar refractivity (Wildman–Crippen MR) is 56.9 cm³/mol. The van der Waals surface area contributed by atoms with E-state index in [0.717, 1.165) is 11.5 Å². The molecule has 3 N–H and O–H groups in total. The van der Waals surface area contributed by atoms with E-state index in [1.807, 2.05) is 0 Å². The van der Waals surface area contributed by atoms with Crippen LogP contribution in [-0.4, -0.2) is 24.2 Å². The normalized spacial score (nSPS) is 11.5. The van der Waals surface area contributed by atoms with E-state index in [9.17, 15) is 13.2 Å². The summed E-state index contributed by atoms with van der Waals surface area (Å²) in [6.07, 6.45) is -4.92. The smallest absolute Gasteiger partial charge is 0.389 e. The van der Waals surface area contributed by atoms with Crippen LogP contribution in [0.15, 0.2) is 0 Å². The number of nitrogen functional groups attached to an aromatic ring is 1. The van der Waals surface area contributed by atoms with Gasteiger partial charge in [-0.3, -0.25) is 0 Å². The molecule has 1 aromatic heterocycles. The van der Waals surface area contributed by atoms with E-state index >= 15 is 0 Å². The zero-order valence-corrected chi connectivity index (χ0v) is 9.41. The van der Waals surface area contributed by atoms with E-state index in [2.05, 4.69) is 9.69 Å². The summed E-state index contributed by atoms with van der Waals surface area (Å²) in [5.41, 5.74) is 5.48. The summed E-state index contributed by atoms with van der Waals surface area (Å²) in [5, 5.41) is 3.37. The Morgan fingerprint density at radius 1 is 1.50 bits per heavy atom. The molecule has 0 amide bonds. The van der Waals surface area contributed by atoms with E-state index in [4.69, 9.17) is 10.5 Å². The zero-order valence-electron chi connectivity index (χ0n) is 8.60. The summed E-state index contributed by atoms with van der Waals surface area (Å²) in [6, 6.07) is 0. The summed E-state index contributed by atoms with van der Waals surface area (Å²) in [7, 11) is 1.43. The van der Waals surface area contributed by atoms with Gasteiger partial charge in [0.25, 0.3) is 0 Å². The first-order valence-corrected chi connectivity index (χ1v) is 5.31. The fourth-order valence-corrected chi connectivity index (χ4v) is 1.80. The van der Waals surface area contributed by atoms with E-state index in [1.165, 1.54) is 7.11 Å². The molecule has 0 aliphatic rings. The van der Waals surface area contributed by atoms with Crippen LogP contribution >= 0.6 is 11.5 Å². The van der Waals surface area contributed by atoms with Gasteiger partial charge in [-0.25, -0.2) is 0 Å². The SMILES string of the molecule is COc1c(N)nsc1NCCCC(F)(F)F. The van der Waals surface area contributed by atoms with Gasteiger partial charge in [-0.2, -0.15) is 17.5 Å². The van der Waals surface area contributed by atoms with Gasteiger partial charge in [-0.05, 0) is 18.0 Å². The van der Waals surface area contributed by atoms with Crippen LogP contribution < -0.4 is 15.8 Å². The monoisotopic (exact) mass is 255 g/mol. The maximum Gasteiger partial charge on any atom is 0.389 e. The number of rotatable bonds is 5. The van der Waals surface area contributed by atoms with Gasteiger partial charge in [-0.1, -0.05) is 0 Å². The molecule has 0 aliphatic carbocycles. The molecular weight excluding hydrogens is 243 g/mol. The molecule has 0 saturated heterocycles. The van der Waals surface area contributed by atoms with Crippen LogP contribution in [0.3, 0.4) is 0 Å². The van der Waals surface area contributed by atoms with Crippen LogP contribution in [0.25, 0.3) is 0 Å². The van der Waals surface area contributed by atoms with Crippen molar-refractivity contribution in [3.63, 3.8) is 0 Å². The van der Waals surface area contributed by atoms with E-state index in [1.54, 1.807) is 0 Å². The summed E-state index contributed by atoms with van der Waals surface area (Å²) >= 11 is 1.07. The molecule has 4 nitrogen and oxygen atoms in total. The van der Waals surface area contributed by atoms with Crippen molar-refractivity contribution in [2.45, 2.75) is 19.0 Å². The Labute approximate surface area is 94.8 Å². The molecule has 16 heavy (non-hydrogen) atoms. The lowest BCUT2D eigenvalue weighted by Gasteiger charge is -2.07. The van der Waals surface area contributed by atoms with Gasteiger partial charge >= 0.3 is 6.18 Å². The highest BCUT2D eigenvalue weighted by atomic mass is 32.1. The number of nitrogens with two attached hydrogens (primary N) is 1. The minimum Gasteiger partial charge on any atom is -0.490 e. The number of methoxy groups -OCH3 is 1. The van der Waals surface area contributed by atoms with Crippen molar-refractivity contribution in [2.75, 3.05) is 24.7 Å². The molecule has 8 heteroatoms.